The molecule has 2 aliphatic rings. The first-order chi connectivity index (χ1) is 47.9. The molecule has 0 aliphatic heterocycles. The molecule has 0 fully saturated rings. The molecule has 0 bridgehead atoms. The van der Waals surface area contributed by atoms with E-state index in [-0.39, 0.29) is 10.8 Å². The van der Waals surface area contributed by atoms with Crippen molar-refractivity contribution in [3.05, 3.63) is 69.1 Å². The molecule has 97 heavy (non-hydrogen) atoms. The van der Waals surface area contributed by atoms with Crippen LogP contribution in [-0.2, 0) is 10.8 Å². The van der Waals surface area contributed by atoms with Gasteiger partial charge >= 0.3 is 0 Å². The number of hydrogen-bond acceptors (Lipinski definition) is 7. The van der Waals surface area contributed by atoms with Gasteiger partial charge in [-0.15, -0.1) is 11.3 Å². The zero-order valence-corrected chi connectivity index (χ0v) is 66.4. The summed E-state index contributed by atoms with van der Waals surface area (Å²) in [7, 11) is 0. The van der Waals surface area contributed by atoms with Gasteiger partial charge in [-0.3, -0.25) is 0 Å². The maximum absolute atomic E-state index is 5.47. The molecular weight excluding hydrogens is 1230 g/mol. The van der Waals surface area contributed by atoms with Gasteiger partial charge in [-0.25, -0.2) is 0 Å². The number of fused-ring (bicyclic) bond motifs is 10. The maximum Gasteiger partial charge on any atom is 0.114 e. The summed E-state index contributed by atoms with van der Waals surface area (Å²) in [6.45, 7) is 14.0. The van der Waals surface area contributed by atoms with Crippen LogP contribution >= 0.6 is 34.8 Å². The van der Waals surface area contributed by atoms with E-state index in [0.29, 0.717) is 0 Å². The molecule has 3 aromatic heterocycles. The lowest BCUT2D eigenvalue weighted by Gasteiger charge is -2.35. The molecule has 3 heterocycles. The SMILES string of the molecule is CCCCCCCCCCCCCCCCC1(CCCCCCCCCCCCCCCC)c2cc3c(cc2-c2c1cc(C)c1nsnc21)C(CCCCCCCCCCCCCCCC)(CCCCCCCCCCCCCCCC)c1cc(-c2ccc(C)s2)c2nsnc2c1-3. The second kappa shape index (κ2) is 46.6. The molecule has 0 saturated heterocycles. The van der Waals surface area contributed by atoms with Gasteiger partial charge in [0.1, 0.15) is 22.1 Å². The summed E-state index contributed by atoms with van der Waals surface area (Å²) in [6, 6.07) is 15.8. The quantitative estimate of drug-likeness (QED) is 0.0357. The molecule has 0 unspecified atom stereocenters. The average molecular weight is 1380 g/mol. The Balaban J connectivity index is 1.09. The number of benzene rings is 3. The lowest BCUT2D eigenvalue weighted by atomic mass is 9.68. The summed E-state index contributed by atoms with van der Waals surface area (Å²) < 4.78 is 21.2. The number of nitrogens with zero attached hydrogens (tertiary/aromatic N) is 4. The number of hydrogen-bond donors (Lipinski definition) is 0. The molecule has 3 aromatic carbocycles. The van der Waals surface area contributed by atoms with Crippen molar-refractivity contribution >= 4 is 56.9 Å². The number of thiophene rings is 1. The first-order valence-electron chi connectivity index (χ1n) is 42.7. The van der Waals surface area contributed by atoms with Crippen LogP contribution in [0.3, 0.4) is 0 Å². The van der Waals surface area contributed by atoms with E-state index in [1.807, 2.05) is 11.3 Å². The van der Waals surface area contributed by atoms with Gasteiger partial charge < -0.3 is 0 Å². The molecule has 0 radical (unpaired) electrons. The fourth-order valence-corrected chi connectivity index (χ4v) is 20.1. The molecule has 0 amide bonds. The van der Waals surface area contributed by atoms with Gasteiger partial charge in [-0.05, 0) is 109 Å². The van der Waals surface area contributed by atoms with E-state index in [0.717, 1.165) is 16.6 Å². The normalized spacial score (nSPS) is 13.6. The number of aryl methyl sites for hydroxylation is 2. The Labute approximate surface area is 609 Å². The molecule has 7 heteroatoms. The topological polar surface area (TPSA) is 51.6 Å². The number of aromatic nitrogens is 4. The second-order valence-electron chi connectivity index (χ2n) is 31.8. The molecule has 0 atom stereocenters. The van der Waals surface area contributed by atoms with Crippen molar-refractivity contribution < 1.29 is 0 Å². The zero-order chi connectivity index (χ0) is 67.9. The molecule has 542 valence electrons. The molecule has 8 rings (SSSR count). The van der Waals surface area contributed by atoms with Crippen molar-refractivity contribution in [2.45, 2.75) is 438 Å². The Hall–Kier alpha value is -3.00. The predicted molar refractivity (Wildman–Crippen MR) is 433 cm³/mol. The van der Waals surface area contributed by atoms with Crippen LogP contribution in [0.1, 0.15) is 446 Å². The summed E-state index contributed by atoms with van der Waals surface area (Å²) in [5.74, 6) is 0. The predicted octanol–water partition coefficient (Wildman–Crippen LogP) is 32.1. The minimum atomic E-state index is -0.106. The van der Waals surface area contributed by atoms with Gasteiger partial charge in [-0.2, -0.15) is 17.5 Å². The smallest absolute Gasteiger partial charge is 0.114 e. The number of unbranched alkanes of at least 4 members (excludes halogenated alkanes) is 52. The van der Waals surface area contributed by atoms with Gasteiger partial charge in [0.15, 0.2) is 0 Å². The lowest BCUT2D eigenvalue weighted by molar-refractivity contribution is 0.393. The fourth-order valence-electron chi connectivity index (χ4n) is 18.0. The Morgan fingerprint density at radius 1 is 0.258 bits per heavy atom. The van der Waals surface area contributed by atoms with Crippen molar-refractivity contribution in [1.29, 1.82) is 0 Å². The van der Waals surface area contributed by atoms with Crippen molar-refractivity contribution in [3.63, 3.8) is 0 Å². The second-order valence-corrected chi connectivity index (χ2v) is 34.1. The van der Waals surface area contributed by atoms with Crippen LogP contribution < -0.4 is 0 Å². The first kappa shape index (κ1) is 79.7. The van der Waals surface area contributed by atoms with Crippen molar-refractivity contribution in [3.8, 4) is 32.7 Å². The van der Waals surface area contributed by atoms with Crippen molar-refractivity contribution in [2.24, 2.45) is 0 Å². The third-order valence-electron chi connectivity index (χ3n) is 23.9. The molecule has 2 aliphatic carbocycles. The molecule has 4 nitrogen and oxygen atoms in total. The first-order valence-corrected chi connectivity index (χ1v) is 45.0. The van der Waals surface area contributed by atoms with E-state index in [1.54, 1.807) is 22.3 Å². The van der Waals surface area contributed by atoms with Gasteiger partial charge in [0, 0.05) is 37.3 Å². The fraction of sp³-hybridized carbons (Fsp3) is 0.756. The van der Waals surface area contributed by atoms with E-state index < -0.39 is 0 Å². The Bertz CT molecular complexity index is 2980. The van der Waals surface area contributed by atoms with E-state index >= 15 is 0 Å². The van der Waals surface area contributed by atoms with Crippen molar-refractivity contribution in [2.75, 3.05) is 0 Å². The average Bonchev–Trinajstić information content (AvgIpc) is 1.52. The summed E-state index contributed by atoms with van der Waals surface area (Å²) >= 11 is 4.84. The Morgan fingerprint density at radius 2 is 0.505 bits per heavy atom. The minimum absolute atomic E-state index is 0.0704. The van der Waals surface area contributed by atoms with Crippen LogP contribution in [0.15, 0.2) is 36.4 Å². The van der Waals surface area contributed by atoms with Gasteiger partial charge in [0.05, 0.1) is 23.5 Å². The lowest BCUT2D eigenvalue weighted by Crippen LogP contribution is -2.27. The van der Waals surface area contributed by atoms with Gasteiger partial charge in [0.25, 0.3) is 0 Å². The van der Waals surface area contributed by atoms with Crippen LogP contribution in [0.5, 0.6) is 0 Å². The van der Waals surface area contributed by atoms with Crippen LogP contribution in [0.2, 0.25) is 0 Å². The molecule has 6 aromatic rings. The highest BCUT2D eigenvalue weighted by molar-refractivity contribution is 7.15. The summed E-state index contributed by atoms with van der Waals surface area (Å²) in [5.41, 5.74) is 19.3. The minimum Gasteiger partial charge on any atom is -0.173 e. The van der Waals surface area contributed by atoms with Crippen LogP contribution in [-0.4, -0.2) is 17.5 Å². The summed E-state index contributed by atoms with van der Waals surface area (Å²) in [5, 5.41) is 0. The highest BCUT2D eigenvalue weighted by atomic mass is 32.1. The van der Waals surface area contributed by atoms with E-state index in [9.17, 15) is 0 Å². The van der Waals surface area contributed by atoms with Crippen LogP contribution in [0.4, 0.5) is 0 Å². The van der Waals surface area contributed by atoms with E-state index in [1.165, 1.54) is 457 Å². The van der Waals surface area contributed by atoms with E-state index in [2.05, 4.69) is 77.9 Å². The zero-order valence-electron chi connectivity index (χ0n) is 63.9. The third kappa shape index (κ3) is 24.3. The maximum atomic E-state index is 5.47. The van der Waals surface area contributed by atoms with Gasteiger partial charge in [0.2, 0.25) is 0 Å². The summed E-state index contributed by atoms with van der Waals surface area (Å²) in [4.78, 5) is 2.72. The Morgan fingerprint density at radius 3 is 0.794 bits per heavy atom. The van der Waals surface area contributed by atoms with Crippen LogP contribution in [0, 0.1) is 13.8 Å². The van der Waals surface area contributed by atoms with Crippen molar-refractivity contribution in [1.82, 2.24) is 17.5 Å². The van der Waals surface area contributed by atoms with E-state index in [4.69, 9.17) is 17.5 Å². The molecular formula is C90H144N4S3. The number of rotatable bonds is 61. The van der Waals surface area contributed by atoms with Crippen LogP contribution in [0.25, 0.3) is 54.8 Å². The highest BCUT2D eigenvalue weighted by Crippen LogP contribution is 2.63. The molecule has 0 spiro atoms. The standard InChI is InChI=1S/C90H144N4S3/c1-7-11-15-19-23-27-31-35-39-43-47-51-55-59-65-89(66-60-56-52-48-44-40-36-32-28-24-20-16-12-8-2)78-71-76-79(70-75(78)83-80(89)69-73(5)85-87(83)93-96-91-85)90(67-61-57-53-49-45-41-37-33-29-25-21-17-13-9-3,68-62-58-54-50-46-42-38-34-30-26-22-18-14-10-4)81-72-77(82-64-63-74(6)95-82)86-88(84(76)81)94-97-92-86/h63-64,69-72H,7-62,65-68H2,1-6H3. The summed E-state index contributed by atoms with van der Waals surface area (Å²) in [6.07, 6.45) is 82.8. The Kier molecular flexibility index (Phi) is 38.3. The largest absolute Gasteiger partial charge is 0.173 e. The monoisotopic (exact) mass is 1380 g/mol. The van der Waals surface area contributed by atoms with Gasteiger partial charge in [-0.1, -0.05) is 393 Å². The third-order valence-corrected chi connectivity index (χ3v) is 26.0. The highest BCUT2D eigenvalue weighted by Gasteiger charge is 2.50. The molecule has 0 N–H and O–H groups in total. The molecule has 0 saturated carbocycles.